The van der Waals surface area contributed by atoms with Gasteiger partial charge < -0.3 is 15.2 Å². The van der Waals surface area contributed by atoms with Gasteiger partial charge in [-0.05, 0) is 0 Å². The molecule has 0 saturated carbocycles. The van der Waals surface area contributed by atoms with Gasteiger partial charge in [0.2, 0.25) is 0 Å². The van der Waals surface area contributed by atoms with E-state index in [1.165, 1.54) is 0 Å². The first-order valence-corrected chi connectivity index (χ1v) is 4.78. The minimum Gasteiger partial charge on any atom is -0.378 e. The molecular weight excluding hydrogens is 188 g/mol. The topological polar surface area (TPSA) is 57.4 Å². The van der Waals surface area contributed by atoms with Crippen LogP contribution in [0.25, 0.3) is 0 Å². The number of rotatable bonds is 5. The fourth-order valence-electron chi connectivity index (χ4n) is 1.03. The molecule has 1 aromatic rings. The Hall–Kier alpha value is -0.490. The molecule has 0 radical (unpaired) electrons. The summed E-state index contributed by atoms with van der Waals surface area (Å²) in [4.78, 5) is 5.43. The number of nitrogens with zero attached hydrogens (tertiary/aromatic N) is 1. The lowest BCUT2D eigenvalue weighted by molar-refractivity contribution is 0.176. The lowest BCUT2D eigenvalue weighted by Crippen LogP contribution is -1.99. The molecule has 0 bridgehead atoms. The average Bonchev–Trinajstić information content (AvgIpc) is 2.49. The molecule has 13 heavy (non-hydrogen) atoms. The maximum atomic E-state index is 5.56. The van der Waals surface area contributed by atoms with E-state index in [9.17, 15) is 0 Å². The molecule has 0 aliphatic rings. The van der Waals surface area contributed by atoms with Crippen LogP contribution in [0.4, 0.5) is 0 Å². The predicted molar refractivity (Wildman–Crippen MR) is 51.4 cm³/mol. The molecule has 0 aliphatic carbocycles. The minimum atomic E-state index is 0.514. The Balaban J connectivity index is 2.77. The van der Waals surface area contributed by atoms with Gasteiger partial charge >= 0.3 is 0 Å². The molecule has 1 aromatic heterocycles. The molecule has 2 N–H and O–H groups in total. The molecule has 0 fully saturated rings. The summed E-state index contributed by atoms with van der Waals surface area (Å²) in [5.41, 5.74) is 6.50. The average molecular weight is 202 g/mol. The number of aromatic nitrogens is 1. The second-order valence-electron chi connectivity index (χ2n) is 2.55. The molecule has 1 heterocycles. The Bertz CT molecular complexity index is 263. The van der Waals surface area contributed by atoms with E-state index in [4.69, 9.17) is 15.2 Å². The Morgan fingerprint density at radius 3 is 2.54 bits per heavy atom. The number of ether oxygens (including phenoxy) is 2. The number of nitrogens with two attached hydrogens (primary N) is 1. The Labute approximate surface area is 81.7 Å². The van der Waals surface area contributed by atoms with Crippen LogP contribution < -0.4 is 5.73 Å². The largest absolute Gasteiger partial charge is 0.378 e. The fourth-order valence-corrected chi connectivity index (χ4v) is 1.95. The smallest absolute Gasteiger partial charge is 0.119 e. The summed E-state index contributed by atoms with van der Waals surface area (Å²) in [6.45, 7) is 1.58. The number of hydrogen-bond donors (Lipinski definition) is 1. The van der Waals surface area contributed by atoms with Gasteiger partial charge in [0, 0.05) is 25.6 Å². The highest BCUT2D eigenvalue weighted by Gasteiger charge is 2.08. The third kappa shape index (κ3) is 2.73. The zero-order valence-electron chi connectivity index (χ0n) is 7.87. The number of methoxy groups -OCH3 is 2. The van der Waals surface area contributed by atoms with Crippen LogP contribution in [0.3, 0.4) is 0 Å². The van der Waals surface area contributed by atoms with Crippen LogP contribution in [-0.4, -0.2) is 19.2 Å². The molecular formula is C8H14N2O2S. The summed E-state index contributed by atoms with van der Waals surface area (Å²) in [5, 5.41) is 0.954. The SMILES string of the molecule is COCc1nc(COC)c(CN)s1. The van der Waals surface area contributed by atoms with E-state index in [2.05, 4.69) is 4.98 Å². The number of hydrogen-bond acceptors (Lipinski definition) is 5. The maximum Gasteiger partial charge on any atom is 0.119 e. The standard InChI is InChI=1S/C8H14N2O2S/c1-11-4-6-7(3-9)13-8(10-6)5-12-2/h3-5,9H2,1-2H3. The summed E-state index contributed by atoms with van der Waals surface area (Å²) < 4.78 is 9.99. The first-order valence-electron chi connectivity index (χ1n) is 3.97. The zero-order chi connectivity index (χ0) is 9.68. The predicted octanol–water partition coefficient (Wildman–Crippen LogP) is 0.895. The van der Waals surface area contributed by atoms with Gasteiger partial charge in [-0.15, -0.1) is 11.3 Å². The normalized spacial score (nSPS) is 10.7. The third-order valence-electron chi connectivity index (χ3n) is 1.56. The lowest BCUT2D eigenvalue weighted by Gasteiger charge is -1.95. The van der Waals surface area contributed by atoms with Crippen molar-refractivity contribution in [1.29, 1.82) is 0 Å². The van der Waals surface area contributed by atoms with Crippen LogP contribution in [0.1, 0.15) is 15.6 Å². The van der Waals surface area contributed by atoms with Gasteiger partial charge in [-0.2, -0.15) is 0 Å². The van der Waals surface area contributed by atoms with Crippen molar-refractivity contribution in [1.82, 2.24) is 4.98 Å². The van der Waals surface area contributed by atoms with Gasteiger partial charge in [-0.25, -0.2) is 4.98 Å². The lowest BCUT2D eigenvalue weighted by atomic mass is 10.4. The van der Waals surface area contributed by atoms with Crippen molar-refractivity contribution in [2.75, 3.05) is 14.2 Å². The third-order valence-corrected chi connectivity index (χ3v) is 2.65. The monoisotopic (exact) mass is 202 g/mol. The fraction of sp³-hybridized carbons (Fsp3) is 0.625. The molecule has 0 spiro atoms. The van der Waals surface area contributed by atoms with Crippen molar-refractivity contribution in [3.05, 3.63) is 15.6 Å². The van der Waals surface area contributed by atoms with Gasteiger partial charge in [-0.3, -0.25) is 0 Å². The summed E-state index contributed by atoms with van der Waals surface area (Å²) in [7, 11) is 3.30. The minimum absolute atomic E-state index is 0.514. The van der Waals surface area contributed by atoms with Crippen LogP contribution in [0.5, 0.6) is 0 Å². The molecule has 5 heteroatoms. The summed E-state index contributed by atoms with van der Waals surface area (Å²) in [6, 6.07) is 0. The van der Waals surface area contributed by atoms with Crippen LogP contribution >= 0.6 is 11.3 Å². The van der Waals surface area contributed by atoms with Crippen LogP contribution in [0.15, 0.2) is 0 Å². The molecule has 0 aromatic carbocycles. The second kappa shape index (κ2) is 5.29. The van der Waals surface area contributed by atoms with Crippen LogP contribution in [0, 0.1) is 0 Å². The maximum absolute atomic E-state index is 5.56. The summed E-state index contributed by atoms with van der Waals surface area (Å²) in [6.07, 6.45) is 0. The van der Waals surface area contributed by atoms with Crippen molar-refractivity contribution in [2.45, 2.75) is 19.8 Å². The van der Waals surface area contributed by atoms with Crippen molar-refractivity contribution in [2.24, 2.45) is 5.73 Å². The number of thiazole rings is 1. The second-order valence-corrected chi connectivity index (χ2v) is 3.72. The van der Waals surface area contributed by atoms with E-state index < -0.39 is 0 Å². The van der Waals surface area contributed by atoms with E-state index in [1.54, 1.807) is 25.6 Å². The van der Waals surface area contributed by atoms with Gasteiger partial charge in [-0.1, -0.05) is 0 Å². The van der Waals surface area contributed by atoms with Crippen LogP contribution in [-0.2, 0) is 29.2 Å². The summed E-state index contributed by atoms with van der Waals surface area (Å²) >= 11 is 1.58. The zero-order valence-corrected chi connectivity index (χ0v) is 8.69. The van der Waals surface area contributed by atoms with Gasteiger partial charge in [0.25, 0.3) is 0 Å². The highest BCUT2D eigenvalue weighted by Crippen LogP contribution is 2.19. The first kappa shape index (κ1) is 10.6. The molecule has 0 amide bonds. The highest BCUT2D eigenvalue weighted by atomic mass is 32.1. The van der Waals surface area contributed by atoms with E-state index in [-0.39, 0.29) is 0 Å². The molecule has 0 aliphatic heterocycles. The van der Waals surface area contributed by atoms with Crippen molar-refractivity contribution < 1.29 is 9.47 Å². The molecule has 0 saturated heterocycles. The molecule has 4 nitrogen and oxygen atoms in total. The summed E-state index contributed by atoms with van der Waals surface area (Å²) in [5.74, 6) is 0. The first-order chi connectivity index (χ1) is 6.31. The Morgan fingerprint density at radius 2 is 2.00 bits per heavy atom. The van der Waals surface area contributed by atoms with E-state index >= 15 is 0 Å². The quantitative estimate of drug-likeness (QED) is 0.770. The van der Waals surface area contributed by atoms with Crippen molar-refractivity contribution in [3.8, 4) is 0 Å². The van der Waals surface area contributed by atoms with Crippen molar-refractivity contribution >= 4 is 11.3 Å². The molecule has 0 unspecified atom stereocenters. The van der Waals surface area contributed by atoms with E-state index in [0.717, 1.165) is 15.6 Å². The van der Waals surface area contributed by atoms with Crippen molar-refractivity contribution in [3.63, 3.8) is 0 Å². The molecule has 1 rings (SSSR count). The Kier molecular flexibility index (Phi) is 4.31. The molecule has 0 atom stereocenters. The van der Waals surface area contributed by atoms with E-state index in [1.807, 2.05) is 0 Å². The van der Waals surface area contributed by atoms with Gasteiger partial charge in [0.05, 0.1) is 18.9 Å². The van der Waals surface area contributed by atoms with Gasteiger partial charge in [0.15, 0.2) is 0 Å². The molecule has 74 valence electrons. The van der Waals surface area contributed by atoms with Gasteiger partial charge in [0.1, 0.15) is 5.01 Å². The van der Waals surface area contributed by atoms with Crippen LogP contribution in [0.2, 0.25) is 0 Å². The van der Waals surface area contributed by atoms with E-state index in [0.29, 0.717) is 19.8 Å². The Morgan fingerprint density at radius 1 is 1.31 bits per heavy atom. The highest BCUT2D eigenvalue weighted by molar-refractivity contribution is 7.11.